The van der Waals surface area contributed by atoms with Crippen molar-refractivity contribution in [3.63, 3.8) is 0 Å². The van der Waals surface area contributed by atoms with Gasteiger partial charge in [0.25, 0.3) is 0 Å². The van der Waals surface area contributed by atoms with Gasteiger partial charge in [-0.3, -0.25) is 0 Å². The predicted molar refractivity (Wildman–Crippen MR) is 114 cm³/mol. The maximum atomic E-state index is 5.77. The smallest absolute Gasteiger partial charge is 0.119 e. The maximum absolute atomic E-state index is 5.77. The van der Waals surface area contributed by atoms with Crippen LogP contribution in [0.2, 0.25) is 0 Å². The Balaban J connectivity index is 1.54. The zero-order valence-corrected chi connectivity index (χ0v) is 17.3. The summed E-state index contributed by atoms with van der Waals surface area (Å²) in [7, 11) is 0. The van der Waals surface area contributed by atoms with Crippen molar-refractivity contribution < 1.29 is 18.9 Å². The molecule has 0 heterocycles. The first-order valence-electron chi connectivity index (χ1n) is 10.5. The third kappa shape index (κ3) is 9.03. The van der Waals surface area contributed by atoms with Gasteiger partial charge in [-0.1, -0.05) is 26.7 Å². The third-order valence-electron chi connectivity index (χ3n) is 4.26. The van der Waals surface area contributed by atoms with Crippen LogP contribution in [0.5, 0.6) is 23.0 Å². The molecule has 4 heteroatoms. The van der Waals surface area contributed by atoms with Gasteiger partial charge in [0.15, 0.2) is 0 Å². The number of hydrogen-bond donors (Lipinski definition) is 0. The highest BCUT2D eigenvalue weighted by Gasteiger charge is 1.99. The van der Waals surface area contributed by atoms with Gasteiger partial charge in [0.1, 0.15) is 23.0 Å². The Morgan fingerprint density at radius 1 is 0.429 bits per heavy atom. The van der Waals surface area contributed by atoms with Crippen LogP contribution in [0.3, 0.4) is 0 Å². The van der Waals surface area contributed by atoms with E-state index in [1.165, 1.54) is 0 Å². The van der Waals surface area contributed by atoms with Crippen LogP contribution in [-0.2, 0) is 0 Å². The van der Waals surface area contributed by atoms with E-state index in [9.17, 15) is 0 Å². The minimum atomic E-state index is 0.684. The zero-order chi connectivity index (χ0) is 19.9. The summed E-state index contributed by atoms with van der Waals surface area (Å²) in [6.07, 6.45) is 6.35. The van der Waals surface area contributed by atoms with E-state index in [1.54, 1.807) is 0 Å². The number of benzene rings is 2. The predicted octanol–water partition coefficient (Wildman–Crippen LogP) is 6.28. The molecule has 154 valence electrons. The van der Waals surface area contributed by atoms with Gasteiger partial charge in [-0.05, 0) is 74.2 Å². The molecule has 0 radical (unpaired) electrons. The molecule has 0 aromatic heterocycles. The fourth-order valence-electron chi connectivity index (χ4n) is 2.52. The van der Waals surface area contributed by atoms with E-state index in [1.807, 2.05) is 48.5 Å². The van der Waals surface area contributed by atoms with Gasteiger partial charge in [-0.15, -0.1) is 0 Å². The monoisotopic (exact) mass is 386 g/mol. The molecule has 0 aliphatic carbocycles. The Bertz CT molecular complexity index is 565. The summed E-state index contributed by atoms with van der Waals surface area (Å²) in [5, 5.41) is 0. The average Bonchev–Trinajstić information content (AvgIpc) is 2.73. The molecule has 0 aliphatic heterocycles. The molecule has 0 unspecified atom stereocenters. The first-order valence-corrected chi connectivity index (χ1v) is 10.5. The summed E-state index contributed by atoms with van der Waals surface area (Å²) < 4.78 is 22.9. The molecule has 2 aromatic carbocycles. The summed E-state index contributed by atoms with van der Waals surface area (Å²) in [5.74, 6) is 3.55. The number of rotatable bonds is 15. The molecule has 4 nitrogen and oxygen atoms in total. The Hall–Kier alpha value is -2.36. The Labute approximate surface area is 169 Å². The fraction of sp³-hybridized carbons (Fsp3) is 0.500. The van der Waals surface area contributed by atoms with Crippen LogP contribution >= 0.6 is 0 Å². The molecular formula is C24H34O4. The summed E-state index contributed by atoms with van der Waals surface area (Å²) in [4.78, 5) is 0. The zero-order valence-electron chi connectivity index (χ0n) is 17.3. The van der Waals surface area contributed by atoms with Gasteiger partial charge in [0.2, 0.25) is 0 Å². The molecule has 0 atom stereocenters. The molecule has 0 fully saturated rings. The van der Waals surface area contributed by atoms with Crippen LogP contribution in [0.1, 0.15) is 52.4 Å². The summed E-state index contributed by atoms with van der Waals surface area (Å²) in [5.41, 5.74) is 0. The van der Waals surface area contributed by atoms with Gasteiger partial charge in [-0.2, -0.15) is 0 Å². The van der Waals surface area contributed by atoms with E-state index in [4.69, 9.17) is 18.9 Å². The molecule has 0 spiro atoms. The normalized spacial score (nSPS) is 10.5. The van der Waals surface area contributed by atoms with Crippen LogP contribution in [0.25, 0.3) is 0 Å². The summed E-state index contributed by atoms with van der Waals surface area (Å²) in [6.45, 7) is 7.22. The van der Waals surface area contributed by atoms with Gasteiger partial charge < -0.3 is 18.9 Å². The van der Waals surface area contributed by atoms with Crippen molar-refractivity contribution in [2.24, 2.45) is 0 Å². The SMILES string of the molecule is CCCCOc1ccc(OCCCCOc2ccc(OCCCC)cc2)cc1. The van der Waals surface area contributed by atoms with Crippen molar-refractivity contribution >= 4 is 0 Å². The lowest BCUT2D eigenvalue weighted by atomic mass is 10.3. The third-order valence-corrected chi connectivity index (χ3v) is 4.26. The van der Waals surface area contributed by atoms with Crippen LogP contribution in [-0.4, -0.2) is 26.4 Å². The molecule has 0 aliphatic rings. The van der Waals surface area contributed by atoms with Crippen LogP contribution in [0.15, 0.2) is 48.5 Å². The highest BCUT2D eigenvalue weighted by atomic mass is 16.5. The molecule has 0 saturated heterocycles. The molecule has 0 N–H and O–H groups in total. The van der Waals surface area contributed by atoms with Crippen LogP contribution in [0.4, 0.5) is 0 Å². The number of unbranched alkanes of at least 4 members (excludes halogenated alkanes) is 3. The Morgan fingerprint density at radius 3 is 0.929 bits per heavy atom. The maximum Gasteiger partial charge on any atom is 0.119 e. The van der Waals surface area contributed by atoms with Crippen molar-refractivity contribution in [1.82, 2.24) is 0 Å². The van der Waals surface area contributed by atoms with Gasteiger partial charge in [0.05, 0.1) is 26.4 Å². The topological polar surface area (TPSA) is 36.9 Å². The van der Waals surface area contributed by atoms with Crippen molar-refractivity contribution in [1.29, 1.82) is 0 Å². The van der Waals surface area contributed by atoms with Gasteiger partial charge in [0, 0.05) is 0 Å². The van der Waals surface area contributed by atoms with E-state index in [2.05, 4.69) is 13.8 Å². The van der Waals surface area contributed by atoms with Crippen molar-refractivity contribution in [2.45, 2.75) is 52.4 Å². The summed E-state index contributed by atoms with van der Waals surface area (Å²) in [6, 6.07) is 15.7. The minimum absolute atomic E-state index is 0.684. The Kier molecular flexibility index (Phi) is 10.8. The highest BCUT2D eigenvalue weighted by Crippen LogP contribution is 2.19. The second-order valence-electron chi connectivity index (χ2n) is 6.75. The van der Waals surface area contributed by atoms with Gasteiger partial charge in [-0.25, -0.2) is 0 Å². The minimum Gasteiger partial charge on any atom is -0.494 e. The van der Waals surface area contributed by atoms with Crippen molar-refractivity contribution in [3.8, 4) is 23.0 Å². The van der Waals surface area contributed by atoms with Crippen LogP contribution in [0, 0.1) is 0 Å². The largest absolute Gasteiger partial charge is 0.494 e. The standard InChI is InChI=1S/C24H34O4/c1-3-5-17-25-21-9-13-23(14-10-21)27-19-7-8-20-28-24-15-11-22(12-16-24)26-18-6-4-2/h9-16H,3-8,17-20H2,1-2H3. The molecule has 2 aromatic rings. The van der Waals surface area contributed by atoms with Gasteiger partial charge >= 0.3 is 0 Å². The van der Waals surface area contributed by atoms with E-state index < -0.39 is 0 Å². The summed E-state index contributed by atoms with van der Waals surface area (Å²) >= 11 is 0. The second kappa shape index (κ2) is 13.8. The van der Waals surface area contributed by atoms with E-state index in [-0.39, 0.29) is 0 Å². The van der Waals surface area contributed by atoms with Crippen molar-refractivity contribution in [3.05, 3.63) is 48.5 Å². The highest BCUT2D eigenvalue weighted by molar-refractivity contribution is 5.32. The molecular weight excluding hydrogens is 352 g/mol. The quantitative estimate of drug-likeness (QED) is 0.337. The first kappa shape index (κ1) is 21.9. The molecule has 0 saturated carbocycles. The lowest BCUT2D eigenvalue weighted by Gasteiger charge is -2.10. The average molecular weight is 387 g/mol. The van der Waals surface area contributed by atoms with E-state index >= 15 is 0 Å². The lowest BCUT2D eigenvalue weighted by Crippen LogP contribution is -2.03. The second-order valence-corrected chi connectivity index (χ2v) is 6.75. The van der Waals surface area contributed by atoms with E-state index in [0.29, 0.717) is 13.2 Å². The fourth-order valence-corrected chi connectivity index (χ4v) is 2.52. The lowest BCUT2D eigenvalue weighted by molar-refractivity contribution is 0.265. The first-order chi connectivity index (χ1) is 13.8. The molecule has 0 bridgehead atoms. The molecule has 28 heavy (non-hydrogen) atoms. The molecule has 0 amide bonds. The number of hydrogen-bond acceptors (Lipinski definition) is 4. The van der Waals surface area contributed by atoms with Crippen LogP contribution < -0.4 is 18.9 Å². The van der Waals surface area contributed by atoms with Crippen molar-refractivity contribution in [2.75, 3.05) is 26.4 Å². The van der Waals surface area contributed by atoms with E-state index in [0.717, 1.165) is 74.7 Å². The Morgan fingerprint density at radius 2 is 0.679 bits per heavy atom. The number of ether oxygens (including phenoxy) is 4. The molecule has 2 rings (SSSR count).